The number of carbonyl (C=O) groups is 1. The number of nitrogens with zero attached hydrogens (tertiary/aromatic N) is 5. The van der Waals surface area contributed by atoms with Gasteiger partial charge in [-0.3, -0.25) is 4.79 Å². The Bertz CT molecular complexity index is 1140. The SMILES string of the molecule is C[C@@H]1COc2ncc(F)cc2CN2c3nc4c(cnn4cc3OC[C@H]2CO)C(=O)N1. The predicted octanol–water partition coefficient (Wildman–Crippen LogP) is 0.534. The van der Waals surface area contributed by atoms with Crippen molar-refractivity contribution in [3.05, 3.63) is 41.6 Å². The van der Waals surface area contributed by atoms with Crippen molar-refractivity contribution < 1.29 is 23.8 Å². The van der Waals surface area contributed by atoms with Crippen LogP contribution in [0.2, 0.25) is 0 Å². The van der Waals surface area contributed by atoms with E-state index in [0.717, 1.165) is 6.20 Å². The maximum Gasteiger partial charge on any atom is 0.257 e. The molecule has 1 amide bonds. The van der Waals surface area contributed by atoms with Gasteiger partial charge in [-0.05, 0) is 13.0 Å². The van der Waals surface area contributed by atoms with Crippen LogP contribution in [0.15, 0.2) is 24.7 Å². The van der Waals surface area contributed by atoms with Gasteiger partial charge in [-0.1, -0.05) is 0 Å². The summed E-state index contributed by atoms with van der Waals surface area (Å²) >= 11 is 0. The van der Waals surface area contributed by atoms with Gasteiger partial charge in [0.25, 0.3) is 5.91 Å². The van der Waals surface area contributed by atoms with E-state index in [1.54, 1.807) is 18.0 Å². The predicted molar refractivity (Wildman–Crippen MR) is 102 cm³/mol. The number of rotatable bonds is 1. The summed E-state index contributed by atoms with van der Waals surface area (Å²) in [5, 5.41) is 17.0. The van der Waals surface area contributed by atoms with Crippen molar-refractivity contribution >= 4 is 17.4 Å². The number of aromatic nitrogens is 4. The molecule has 2 bridgehead atoms. The lowest BCUT2D eigenvalue weighted by molar-refractivity contribution is 0.0927. The Morgan fingerprint density at radius 2 is 2.20 bits per heavy atom. The van der Waals surface area contributed by atoms with Gasteiger partial charge in [0.1, 0.15) is 24.6 Å². The molecule has 156 valence electrons. The molecule has 0 saturated carbocycles. The highest BCUT2D eigenvalue weighted by Crippen LogP contribution is 2.35. The van der Waals surface area contributed by atoms with Crippen molar-refractivity contribution in [3.63, 3.8) is 0 Å². The van der Waals surface area contributed by atoms with Crippen molar-refractivity contribution in [3.8, 4) is 11.6 Å². The highest BCUT2D eigenvalue weighted by Gasteiger charge is 2.32. The highest BCUT2D eigenvalue weighted by atomic mass is 19.1. The highest BCUT2D eigenvalue weighted by molar-refractivity contribution is 6.00. The molecule has 2 atom stereocenters. The summed E-state index contributed by atoms with van der Waals surface area (Å²) in [6.45, 7) is 2.13. The van der Waals surface area contributed by atoms with Gasteiger partial charge < -0.3 is 24.8 Å². The van der Waals surface area contributed by atoms with Crippen LogP contribution in [-0.2, 0) is 6.54 Å². The number of fused-ring (bicyclic) bond motifs is 1. The van der Waals surface area contributed by atoms with Crippen LogP contribution in [0.25, 0.3) is 5.65 Å². The van der Waals surface area contributed by atoms with Crippen LogP contribution >= 0.6 is 0 Å². The fourth-order valence-electron chi connectivity index (χ4n) is 3.60. The zero-order chi connectivity index (χ0) is 20.8. The summed E-state index contributed by atoms with van der Waals surface area (Å²) in [5.41, 5.74) is 1.15. The zero-order valence-electron chi connectivity index (χ0n) is 16.1. The second-order valence-electron chi connectivity index (χ2n) is 7.33. The Kier molecular flexibility index (Phi) is 4.39. The molecule has 10 nitrogen and oxygen atoms in total. The van der Waals surface area contributed by atoms with Crippen LogP contribution in [0.5, 0.6) is 11.6 Å². The number of pyridine rings is 1. The first kappa shape index (κ1) is 18.6. The first-order valence-corrected chi connectivity index (χ1v) is 9.50. The summed E-state index contributed by atoms with van der Waals surface area (Å²) in [6, 6.07) is 0.581. The molecule has 5 heterocycles. The number of ether oxygens (including phenoxy) is 2. The molecule has 0 aliphatic carbocycles. The van der Waals surface area contributed by atoms with Gasteiger partial charge in [0.15, 0.2) is 17.2 Å². The number of aliphatic hydroxyl groups is 1. The number of aliphatic hydroxyl groups excluding tert-OH is 1. The van der Waals surface area contributed by atoms with Gasteiger partial charge in [-0.15, -0.1) is 0 Å². The summed E-state index contributed by atoms with van der Waals surface area (Å²) in [4.78, 5) is 23.3. The molecule has 0 spiro atoms. The monoisotopic (exact) mass is 414 g/mol. The van der Waals surface area contributed by atoms with Crippen molar-refractivity contribution in [2.75, 3.05) is 24.7 Å². The van der Waals surface area contributed by atoms with Crippen molar-refractivity contribution in [1.82, 2.24) is 24.9 Å². The number of hydrogen-bond acceptors (Lipinski definition) is 8. The molecule has 3 aromatic rings. The fourth-order valence-corrected chi connectivity index (χ4v) is 3.60. The Morgan fingerprint density at radius 1 is 1.33 bits per heavy atom. The van der Waals surface area contributed by atoms with Crippen LogP contribution in [0.3, 0.4) is 0 Å². The molecule has 2 aliphatic rings. The minimum atomic E-state index is -0.501. The summed E-state index contributed by atoms with van der Waals surface area (Å²) in [7, 11) is 0. The zero-order valence-corrected chi connectivity index (χ0v) is 16.1. The van der Waals surface area contributed by atoms with Crippen LogP contribution in [-0.4, -0.2) is 62.5 Å². The summed E-state index contributed by atoms with van der Waals surface area (Å²) in [5.74, 6) is 0.272. The second-order valence-corrected chi connectivity index (χ2v) is 7.33. The van der Waals surface area contributed by atoms with Gasteiger partial charge in [0.05, 0.1) is 43.8 Å². The lowest BCUT2D eigenvalue weighted by Gasteiger charge is -2.36. The average molecular weight is 414 g/mol. The molecule has 11 heteroatoms. The topological polar surface area (TPSA) is 114 Å². The number of carbonyl (C=O) groups excluding carboxylic acids is 1. The van der Waals surface area contributed by atoms with Crippen LogP contribution in [0.4, 0.5) is 10.2 Å². The quantitative estimate of drug-likeness (QED) is 0.593. The third-order valence-electron chi connectivity index (χ3n) is 5.12. The van der Waals surface area contributed by atoms with Gasteiger partial charge >= 0.3 is 0 Å². The Labute approximate surface area is 170 Å². The van der Waals surface area contributed by atoms with Crippen molar-refractivity contribution in [1.29, 1.82) is 0 Å². The molecular weight excluding hydrogens is 395 g/mol. The van der Waals surface area contributed by atoms with Crippen molar-refractivity contribution in [2.24, 2.45) is 0 Å². The second kappa shape index (κ2) is 7.10. The van der Waals surface area contributed by atoms with Crippen LogP contribution < -0.4 is 19.7 Å². The Hall–Kier alpha value is -3.47. The lowest BCUT2D eigenvalue weighted by atomic mass is 10.1. The third-order valence-corrected chi connectivity index (χ3v) is 5.12. The normalized spacial score (nSPS) is 21.0. The molecule has 30 heavy (non-hydrogen) atoms. The first-order valence-electron chi connectivity index (χ1n) is 9.50. The summed E-state index contributed by atoms with van der Waals surface area (Å²) in [6.07, 6.45) is 4.16. The van der Waals surface area contributed by atoms with E-state index in [0.29, 0.717) is 28.3 Å². The van der Waals surface area contributed by atoms with E-state index in [1.165, 1.54) is 16.8 Å². The molecular formula is C19H19FN6O4. The molecule has 0 saturated heterocycles. The molecule has 2 N–H and O–H groups in total. The van der Waals surface area contributed by atoms with E-state index >= 15 is 0 Å². The van der Waals surface area contributed by atoms with Crippen LogP contribution in [0, 0.1) is 5.82 Å². The molecule has 0 unspecified atom stereocenters. The smallest absolute Gasteiger partial charge is 0.257 e. The van der Waals surface area contributed by atoms with Crippen molar-refractivity contribution in [2.45, 2.75) is 25.6 Å². The van der Waals surface area contributed by atoms with E-state index in [-0.39, 0.29) is 44.2 Å². The standard InChI is InChI=1S/C19H19FN6O4/c1-10-8-30-19-11(2-12(20)3-21-19)5-25-13(7-27)9-29-15-6-26-16(24-17(15)25)14(4-22-26)18(28)23-10/h2-4,6,10,13,27H,5,7-9H2,1H3,(H,23,28)/t10-,13-/m1/s1. The Balaban J connectivity index is 1.70. The maximum atomic E-state index is 14.0. The molecule has 0 aromatic carbocycles. The molecule has 0 radical (unpaired) electrons. The number of nitrogens with one attached hydrogen (secondary N) is 1. The molecule has 0 fully saturated rings. The number of amides is 1. The third kappa shape index (κ3) is 3.07. The van der Waals surface area contributed by atoms with E-state index < -0.39 is 11.9 Å². The van der Waals surface area contributed by atoms with E-state index in [4.69, 9.17) is 9.47 Å². The van der Waals surface area contributed by atoms with Gasteiger partial charge in [-0.25, -0.2) is 18.9 Å². The van der Waals surface area contributed by atoms with Gasteiger partial charge in [0.2, 0.25) is 5.88 Å². The van der Waals surface area contributed by atoms with Gasteiger partial charge in [-0.2, -0.15) is 5.10 Å². The molecule has 3 aromatic heterocycles. The molecule has 5 rings (SSSR count). The van der Waals surface area contributed by atoms with Gasteiger partial charge in [0, 0.05) is 5.56 Å². The Morgan fingerprint density at radius 3 is 3.03 bits per heavy atom. The van der Waals surface area contributed by atoms with E-state index in [2.05, 4.69) is 20.4 Å². The first-order chi connectivity index (χ1) is 14.5. The lowest BCUT2D eigenvalue weighted by Crippen LogP contribution is -2.45. The van der Waals surface area contributed by atoms with Crippen LogP contribution in [0.1, 0.15) is 22.8 Å². The minimum absolute atomic E-state index is 0.143. The van der Waals surface area contributed by atoms with E-state index in [1.807, 2.05) is 0 Å². The fraction of sp³-hybridized carbons (Fsp3) is 0.368. The maximum absolute atomic E-state index is 14.0. The average Bonchev–Trinajstić information content (AvgIpc) is 3.14. The number of halogens is 1. The largest absolute Gasteiger partial charge is 0.486 e. The molecule has 2 aliphatic heterocycles. The summed E-state index contributed by atoms with van der Waals surface area (Å²) < 4.78 is 27.0. The van der Waals surface area contributed by atoms with E-state index in [9.17, 15) is 14.3 Å². The number of anilines is 1. The minimum Gasteiger partial charge on any atom is -0.486 e. The number of hydrogen-bond donors (Lipinski definition) is 2.